The highest BCUT2D eigenvalue weighted by Gasteiger charge is 2.15. The fourth-order valence-electron chi connectivity index (χ4n) is 0.981. The molecule has 0 spiro atoms. The number of nitrogens with two attached hydrogens (primary N) is 1. The zero-order chi connectivity index (χ0) is 13.2. The first-order valence-corrected chi connectivity index (χ1v) is 6.76. The van der Waals surface area contributed by atoms with Crippen LogP contribution in [0.3, 0.4) is 0 Å². The first-order chi connectivity index (χ1) is 7.74. The summed E-state index contributed by atoms with van der Waals surface area (Å²) in [5.74, 6) is 0. The van der Waals surface area contributed by atoms with Gasteiger partial charge in [0.25, 0.3) is 0 Å². The van der Waals surface area contributed by atoms with Gasteiger partial charge in [-0.25, -0.2) is 0 Å². The van der Waals surface area contributed by atoms with Gasteiger partial charge in [0.15, 0.2) is 0 Å². The van der Waals surface area contributed by atoms with Crippen molar-refractivity contribution in [3.63, 3.8) is 0 Å². The third-order valence-corrected chi connectivity index (χ3v) is 3.96. The highest BCUT2D eigenvalue weighted by Crippen LogP contribution is 2.24. The molecule has 0 heterocycles. The fraction of sp³-hybridized carbons (Fsp3) is 0.222. The Hall–Kier alpha value is -0.890. The Labute approximate surface area is 111 Å². The van der Waals surface area contributed by atoms with Gasteiger partial charge >= 0.3 is 10.2 Å². The summed E-state index contributed by atoms with van der Waals surface area (Å²) in [5, 5.41) is 0.237. The minimum atomic E-state index is -3.57. The van der Waals surface area contributed by atoms with Crippen molar-refractivity contribution in [3.8, 4) is 0 Å². The predicted octanol–water partition coefficient (Wildman–Crippen LogP) is 1.19. The van der Waals surface area contributed by atoms with Gasteiger partial charge in [-0.3, -0.25) is 4.72 Å². The van der Waals surface area contributed by atoms with E-state index in [4.69, 9.17) is 29.6 Å². The second-order valence-corrected chi connectivity index (χ2v) is 6.18. The van der Waals surface area contributed by atoms with Crippen LogP contribution in [0.4, 0.5) is 5.69 Å². The maximum Gasteiger partial charge on any atom is 0.301 e. The fourth-order valence-corrected chi connectivity index (χ4v) is 2.03. The van der Waals surface area contributed by atoms with Crippen LogP contribution in [-0.4, -0.2) is 31.8 Å². The number of hydrogen-bond acceptors (Lipinski definition) is 3. The standard InChI is InChI=1S/C9H12ClN3O2S2/c1-13(2)17(14,15)12-8-4-3-6(9(11)16)5-7(8)10/h3-5,12H,1-2H3,(H2,11,16). The Bertz CT molecular complexity index is 543. The summed E-state index contributed by atoms with van der Waals surface area (Å²) in [6, 6.07) is 4.62. The average Bonchev–Trinajstić information content (AvgIpc) is 2.20. The van der Waals surface area contributed by atoms with E-state index < -0.39 is 10.2 Å². The lowest BCUT2D eigenvalue weighted by molar-refractivity contribution is 0.527. The summed E-state index contributed by atoms with van der Waals surface area (Å²) in [7, 11) is -0.739. The first-order valence-electron chi connectivity index (χ1n) is 4.53. The van der Waals surface area contributed by atoms with E-state index in [9.17, 15) is 8.42 Å². The molecule has 0 aliphatic rings. The Morgan fingerprint density at radius 3 is 2.47 bits per heavy atom. The Balaban J connectivity index is 3.06. The highest BCUT2D eigenvalue weighted by atomic mass is 35.5. The number of anilines is 1. The molecule has 1 aromatic rings. The largest absolute Gasteiger partial charge is 0.389 e. The van der Waals surface area contributed by atoms with E-state index in [0.717, 1.165) is 4.31 Å². The van der Waals surface area contributed by atoms with Crippen molar-refractivity contribution >= 4 is 44.7 Å². The lowest BCUT2D eigenvalue weighted by Crippen LogP contribution is -2.29. The molecule has 0 atom stereocenters. The smallest absolute Gasteiger partial charge is 0.301 e. The molecule has 0 fully saturated rings. The van der Waals surface area contributed by atoms with Crippen LogP contribution >= 0.6 is 23.8 Å². The molecule has 0 unspecified atom stereocenters. The van der Waals surface area contributed by atoms with Crippen molar-refractivity contribution in [1.82, 2.24) is 4.31 Å². The summed E-state index contributed by atoms with van der Waals surface area (Å²) in [5.41, 5.74) is 6.29. The number of halogens is 1. The van der Waals surface area contributed by atoms with Crippen molar-refractivity contribution in [1.29, 1.82) is 0 Å². The maximum absolute atomic E-state index is 11.6. The first kappa shape index (κ1) is 14.2. The number of benzene rings is 1. The molecule has 0 saturated heterocycles. The summed E-state index contributed by atoms with van der Waals surface area (Å²) < 4.78 is 26.5. The molecule has 0 aliphatic carbocycles. The summed E-state index contributed by atoms with van der Waals surface area (Å²) in [6.45, 7) is 0. The minimum Gasteiger partial charge on any atom is -0.389 e. The van der Waals surface area contributed by atoms with Crippen molar-refractivity contribution in [2.75, 3.05) is 18.8 Å². The molecule has 0 aromatic heterocycles. The van der Waals surface area contributed by atoms with Gasteiger partial charge in [0.05, 0.1) is 10.7 Å². The van der Waals surface area contributed by atoms with E-state index in [2.05, 4.69) is 4.72 Å². The molecule has 0 radical (unpaired) electrons. The second-order valence-electron chi connectivity index (χ2n) is 3.45. The maximum atomic E-state index is 11.6. The summed E-state index contributed by atoms with van der Waals surface area (Å²) >= 11 is 10.7. The second kappa shape index (κ2) is 5.18. The molecule has 17 heavy (non-hydrogen) atoms. The number of nitrogens with one attached hydrogen (secondary N) is 1. The molecule has 0 saturated carbocycles. The van der Waals surface area contributed by atoms with Crippen LogP contribution in [0.5, 0.6) is 0 Å². The van der Waals surface area contributed by atoms with Crippen LogP contribution in [0.15, 0.2) is 18.2 Å². The van der Waals surface area contributed by atoms with Gasteiger partial charge in [-0.15, -0.1) is 0 Å². The van der Waals surface area contributed by atoms with E-state index in [0.29, 0.717) is 5.56 Å². The molecule has 0 bridgehead atoms. The van der Waals surface area contributed by atoms with Gasteiger partial charge in [0, 0.05) is 19.7 Å². The van der Waals surface area contributed by atoms with Gasteiger partial charge in [0.1, 0.15) is 4.99 Å². The normalized spacial score (nSPS) is 11.5. The number of thiocarbonyl (C=S) groups is 1. The van der Waals surface area contributed by atoms with Crippen LogP contribution < -0.4 is 10.5 Å². The van der Waals surface area contributed by atoms with Crippen LogP contribution in [0.1, 0.15) is 5.56 Å². The van der Waals surface area contributed by atoms with Crippen molar-refractivity contribution in [2.24, 2.45) is 5.73 Å². The number of hydrogen-bond donors (Lipinski definition) is 2. The van der Waals surface area contributed by atoms with Crippen LogP contribution in [0, 0.1) is 0 Å². The van der Waals surface area contributed by atoms with Gasteiger partial charge in [-0.2, -0.15) is 12.7 Å². The zero-order valence-electron chi connectivity index (χ0n) is 9.27. The molecule has 94 valence electrons. The van der Waals surface area contributed by atoms with E-state index in [1.165, 1.54) is 26.2 Å². The minimum absolute atomic E-state index is 0.203. The molecule has 5 nitrogen and oxygen atoms in total. The Morgan fingerprint density at radius 1 is 1.47 bits per heavy atom. The Morgan fingerprint density at radius 2 is 2.06 bits per heavy atom. The number of nitrogens with zero attached hydrogens (tertiary/aromatic N) is 1. The monoisotopic (exact) mass is 293 g/mol. The SMILES string of the molecule is CN(C)S(=O)(=O)Nc1ccc(C(N)=S)cc1Cl. The molecule has 8 heteroatoms. The van der Waals surface area contributed by atoms with Gasteiger partial charge < -0.3 is 5.73 Å². The highest BCUT2D eigenvalue weighted by molar-refractivity contribution is 7.90. The molecule has 0 aliphatic heterocycles. The van der Waals surface area contributed by atoms with Gasteiger partial charge in [-0.05, 0) is 18.2 Å². The van der Waals surface area contributed by atoms with Crippen LogP contribution in [0.25, 0.3) is 0 Å². The summed E-state index contributed by atoms with van der Waals surface area (Å²) in [6.07, 6.45) is 0. The molecule has 1 aromatic carbocycles. The van der Waals surface area contributed by atoms with E-state index in [1.807, 2.05) is 0 Å². The lowest BCUT2D eigenvalue weighted by atomic mass is 10.2. The van der Waals surface area contributed by atoms with Gasteiger partial charge in [0.2, 0.25) is 0 Å². The molecular formula is C9H12ClN3O2S2. The van der Waals surface area contributed by atoms with Crippen molar-refractivity contribution < 1.29 is 8.42 Å². The Kier molecular flexibility index (Phi) is 4.31. The van der Waals surface area contributed by atoms with Crippen LogP contribution in [-0.2, 0) is 10.2 Å². The topological polar surface area (TPSA) is 75.4 Å². The molecule has 1 rings (SSSR count). The van der Waals surface area contributed by atoms with E-state index >= 15 is 0 Å². The molecular weight excluding hydrogens is 282 g/mol. The third-order valence-electron chi connectivity index (χ3n) is 1.97. The predicted molar refractivity (Wildman–Crippen MR) is 73.6 cm³/mol. The lowest BCUT2D eigenvalue weighted by Gasteiger charge is -2.14. The van der Waals surface area contributed by atoms with Crippen molar-refractivity contribution in [2.45, 2.75) is 0 Å². The van der Waals surface area contributed by atoms with Crippen LogP contribution in [0.2, 0.25) is 5.02 Å². The van der Waals surface area contributed by atoms with Gasteiger partial charge in [-0.1, -0.05) is 23.8 Å². The third kappa shape index (κ3) is 3.53. The number of rotatable bonds is 4. The van der Waals surface area contributed by atoms with Crippen molar-refractivity contribution in [3.05, 3.63) is 28.8 Å². The van der Waals surface area contributed by atoms with E-state index in [1.54, 1.807) is 6.07 Å². The summed E-state index contributed by atoms with van der Waals surface area (Å²) in [4.78, 5) is 0.203. The quantitative estimate of drug-likeness (QED) is 0.818. The van der Waals surface area contributed by atoms with E-state index in [-0.39, 0.29) is 15.7 Å². The zero-order valence-corrected chi connectivity index (χ0v) is 11.7. The molecule has 0 amide bonds. The average molecular weight is 294 g/mol. The molecule has 3 N–H and O–H groups in total.